The van der Waals surface area contributed by atoms with Gasteiger partial charge in [0.05, 0.1) is 12.7 Å². The number of hydrogen-bond acceptors (Lipinski definition) is 6. The van der Waals surface area contributed by atoms with Crippen molar-refractivity contribution in [2.45, 2.75) is 71.6 Å². The monoisotopic (exact) mass is 465 g/mol. The fourth-order valence-corrected chi connectivity index (χ4v) is 4.91. The number of ether oxygens (including phenoxy) is 1. The third-order valence-corrected chi connectivity index (χ3v) is 7.11. The van der Waals surface area contributed by atoms with Crippen LogP contribution in [0.5, 0.6) is 0 Å². The van der Waals surface area contributed by atoms with Gasteiger partial charge in [-0.05, 0) is 43.2 Å². The number of anilines is 1. The normalized spacial score (nSPS) is 20.4. The summed E-state index contributed by atoms with van der Waals surface area (Å²) in [6.45, 7) is 15.7. The number of hydrogen-bond donors (Lipinski definition) is 1. The van der Waals surface area contributed by atoms with Crippen molar-refractivity contribution < 1.29 is 9.53 Å². The van der Waals surface area contributed by atoms with Gasteiger partial charge in [0, 0.05) is 44.3 Å². The van der Waals surface area contributed by atoms with Crippen molar-refractivity contribution in [3.8, 4) is 0 Å². The highest BCUT2D eigenvalue weighted by molar-refractivity contribution is 5.94. The summed E-state index contributed by atoms with van der Waals surface area (Å²) in [4.78, 5) is 26.5. The second-order valence-electron chi connectivity index (χ2n) is 10.7. The third-order valence-electron chi connectivity index (χ3n) is 7.11. The summed E-state index contributed by atoms with van der Waals surface area (Å²) in [5, 5.41) is 3.40. The number of nitrogens with one attached hydrogen (secondary N) is 1. The average Bonchev–Trinajstić information content (AvgIpc) is 2.83. The highest BCUT2D eigenvalue weighted by Gasteiger charge is 2.31. The van der Waals surface area contributed by atoms with Gasteiger partial charge in [-0.25, -0.2) is 9.97 Å². The molecule has 1 unspecified atom stereocenters. The van der Waals surface area contributed by atoms with Crippen LogP contribution in [0, 0.1) is 6.92 Å². The van der Waals surface area contributed by atoms with E-state index in [0.29, 0.717) is 24.4 Å². The van der Waals surface area contributed by atoms with E-state index in [1.165, 1.54) is 17.5 Å². The molecule has 0 saturated carbocycles. The minimum Gasteiger partial charge on any atom is -0.376 e. The van der Waals surface area contributed by atoms with Gasteiger partial charge in [-0.3, -0.25) is 9.69 Å². The minimum atomic E-state index is 0.00581. The Morgan fingerprint density at radius 2 is 1.82 bits per heavy atom. The number of carbonyl (C=O) groups is 1. The number of piperidine rings is 1. The van der Waals surface area contributed by atoms with Crippen LogP contribution in [0.4, 0.5) is 5.82 Å². The second-order valence-corrected chi connectivity index (χ2v) is 10.7. The molecular weight excluding hydrogens is 426 g/mol. The SMILES string of the molecule is Cc1c(NCc2ccc(C(C)(C)C)cc2)ncnc1C(=O)N1CCC(N2CCOC(C)C2)CC1. The molecule has 0 radical (unpaired) electrons. The Hall–Kier alpha value is -2.51. The number of likely N-dealkylation sites (tertiary alicyclic amines) is 1. The van der Waals surface area contributed by atoms with E-state index >= 15 is 0 Å². The van der Waals surface area contributed by atoms with Crippen LogP contribution in [0.3, 0.4) is 0 Å². The second kappa shape index (κ2) is 10.4. The number of carbonyl (C=O) groups excluding carboxylic acids is 1. The molecule has 1 amide bonds. The van der Waals surface area contributed by atoms with Gasteiger partial charge in [-0.2, -0.15) is 0 Å². The lowest BCUT2D eigenvalue weighted by Crippen LogP contribution is -2.51. The van der Waals surface area contributed by atoms with Crippen molar-refractivity contribution in [1.82, 2.24) is 19.8 Å². The zero-order chi connectivity index (χ0) is 24.3. The Kier molecular flexibility index (Phi) is 7.53. The molecule has 1 atom stereocenters. The van der Waals surface area contributed by atoms with E-state index in [1.54, 1.807) is 0 Å². The molecule has 3 heterocycles. The van der Waals surface area contributed by atoms with E-state index in [4.69, 9.17) is 4.74 Å². The van der Waals surface area contributed by atoms with E-state index in [2.05, 4.69) is 72.1 Å². The Balaban J connectivity index is 1.35. The van der Waals surface area contributed by atoms with E-state index in [0.717, 1.165) is 57.0 Å². The van der Waals surface area contributed by atoms with Gasteiger partial charge in [-0.15, -0.1) is 0 Å². The van der Waals surface area contributed by atoms with Crippen molar-refractivity contribution >= 4 is 11.7 Å². The first kappa shape index (κ1) is 24.6. The predicted molar refractivity (Wildman–Crippen MR) is 135 cm³/mol. The maximum Gasteiger partial charge on any atom is 0.272 e. The predicted octanol–water partition coefficient (Wildman–Crippen LogP) is 4.02. The zero-order valence-corrected chi connectivity index (χ0v) is 21.3. The molecule has 4 rings (SSSR count). The highest BCUT2D eigenvalue weighted by Crippen LogP contribution is 2.24. The summed E-state index contributed by atoms with van der Waals surface area (Å²) in [6, 6.07) is 9.19. The Labute approximate surface area is 203 Å². The van der Waals surface area contributed by atoms with Crippen molar-refractivity contribution in [3.63, 3.8) is 0 Å². The van der Waals surface area contributed by atoms with Crippen LogP contribution in [0.2, 0.25) is 0 Å². The number of nitrogens with zero attached hydrogens (tertiary/aromatic N) is 4. The molecule has 0 spiro atoms. The standard InChI is InChI=1S/C27H39N5O2/c1-19-17-32(14-15-34-19)23-10-12-31(13-11-23)26(33)24-20(2)25(30-18-29-24)28-16-21-6-8-22(9-7-21)27(3,4)5/h6-9,18-19,23H,10-17H2,1-5H3,(H,28,29,30). The van der Waals surface area contributed by atoms with Crippen LogP contribution in [0.25, 0.3) is 0 Å². The third kappa shape index (κ3) is 5.76. The van der Waals surface area contributed by atoms with Gasteiger partial charge in [0.2, 0.25) is 0 Å². The van der Waals surface area contributed by atoms with Crippen LogP contribution in [-0.2, 0) is 16.7 Å². The molecule has 2 fully saturated rings. The number of aromatic nitrogens is 2. The van der Waals surface area contributed by atoms with Crippen molar-refractivity contribution in [2.75, 3.05) is 38.1 Å². The topological polar surface area (TPSA) is 70.6 Å². The summed E-state index contributed by atoms with van der Waals surface area (Å²) < 4.78 is 5.68. The van der Waals surface area contributed by atoms with Gasteiger partial charge >= 0.3 is 0 Å². The number of benzene rings is 1. The van der Waals surface area contributed by atoms with Crippen LogP contribution in [-0.4, -0.2) is 70.6 Å². The van der Waals surface area contributed by atoms with Crippen LogP contribution in [0.15, 0.2) is 30.6 Å². The van der Waals surface area contributed by atoms with Crippen LogP contribution in [0.1, 0.15) is 67.7 Å². The number of rotatable bonds is 5. The molecule has 1 aromatic heterocycles. The summed E-state index contributed by atoms with van der Waals surface area (Å²) in [7, 11) is 0. The summed E-state index contributed by atoms with van der Waals surface area (Å²) in [5.74, 6) is 0.724. The van der Waals surface area contributed by atoms with Crippen molar-refractivity contribution in [1.29, 1.82) is 0 Å². The lowest BCUT2D eigenvalue weighted by atomic mass is 9.87. The lowest BCUT2D eigenvalue weighted by Gasteiger charge is -2.41. The number of amides is 1. The number of morpholine rings is 1. The maximum absolute atomic E-state index is 13.3. The molecule has 1 aromatic carbocycles. The lowest BCUT2D eigenvalue weighted by molar-refractivity contribution is -0.0424. The van der Waals surface area contributed by atoms with Crippen molar-refractivity contribution in [3.05, 3.63) is 53.0 Å². The minimum absolute atomic E-state index is 0.00581. The molecule has 2 saturated heterocycles. The molecule has 1 N–H and O–H groups in total. The smallest absolute Gasteiger partial charge is 0.272 e. The van der Waals surface area contributed by atoms with E-state index in [9.17, 15) is 4.79 Å². The molecule has 2 aromatic rings. The fraction of sp³-hybridized carbons (Fsp3) is 0.593. The van der Waals surface area contributed by atoms with Gasteiger partial charge in [-0.1, -0.05) is 45.0 Å². The quantitative estimate of drug-likeness (QED) is 0.719. The molecule has 0 bridgehead atoms. The summed E-state index contributed by atoms with van der Waals surface area (Å²) in [5.41, 5.74) is 3.94. The van der Waals surface area contributed by atoms with E-state index in [-0.39, 0.29) is 11.3 Å². The maximum atomic E-state index is 13.3. The van der Waals surface area contributed by atoms with Crippen molar-refractivity contribution in [2.24, 2.45) is 0 Å². The fourth-order valence-electron chi connectivity index (χ4n) is 4.91. The average molecular weight is 466 g/mol. The van der Waals surface area contributed by atoms with Crippen LogP contribution >= 0.6 is 0 Å². The molecule has 34 heavy (non-hydrogen) atoms. The molecule has 7 nitrogen and oxygen atoms in total. The molecule has 7 heteroatoms. The van der Waals surface area contributed by atoms with Gasteiger partial charge in [0.1, 0.15) is 17.8 Å². The largest absolute Gasteiger partial charge is 0.376 e. The van der Waals surface area contributed by atoms with E-state index in [1.807, 2.05) is 11.8 Å². The first-order valence-corrected chi connectivity index (χ1v) is 12.5. The first-order chi connectivity index (χ1) is 16.2. The van der Waals surface area contributed by atoms with E-state index < -0.39 is 0 Å². The Morgan fingerprint density at radius 3 is 2.47 bits per heavy atom. The van der Waals surface area contributed by atoms with Gasteiger partial charge in [0.15, 0.2) is 0 Å². The summed E-state index contributed by atoms with van der Waals surface area (Å²) >= 11 is 0. The summed E-state index contributed by atoms with van der Waals surface area (Å²) in [6.07, 6.45) is 3.78. The molecule has 2 aliphatic heterocycles. The highest BCUT2D eigenvalue weighted by atomic mass is 16.5. The Bertz CT molecular complexity index is 978. The van der Waals surface area contributed by atoms with Crippen LogP contribution < -0.4 is 5.32 Å². The Morgan fingerprint density at radius 1 is 1.12 bits per heavy atom. The molecular formula is C27H39N5O2. The first-order valence-electron chi connectivity index (χ1n) is 12.5. The van der Waals surface area contributed by atoms with Gasteiger partial charge in [0.25, 0.3) is 5.91 Å². The zero-order valence-electron chi connectivity index (χ0n) is 21.3. The molecule has 184 valence electrons. The molecule has 2 aliphatic rings. The molecule has 0 aliphatic carbocycles. The van der Waals surface area contributed by atoms with Gasteiger partial charge < -0.3 is 15.0 Å².